The van der Waals surface area contributed by atoms with Gasteiger partial charge in [0.15, 0.2) is 0 Å². The molecule has 186 valence electrons. The zero-order valence-electron chi connectivity index (χ0n) is 20.2. The van der Waals surface area contributed by atoms with Crippen molar-refractivity contribution in [1.82, 2.24) is 0 Å². The van der Waals surface area contributed by atoms with Gasteiger partial charge in [-0.2, -0.15) is 0 Å². The van der Waals surface area contributed by atoms with Gasteiger partial charge < -0.3 is 21.3 Å². The predicted molar refractivity (Wildman–Crippen MR) is 141 cm³/mol. The number of hydrogen-bond donors (Lipinski definition) is 4. The Labute approximate surface area is 210 Å². The lowest BCUT2D eigenvalue weighted by Crippen LogP contribution is -2.31. The van der Waals surface area contributed by atoms with E-state index in [9.17, 15) is 14.0 Å². The fraction of sp³-hybridized carbons (Fsp3) is 0.250. The van der Waals surface area contributed by atoms with Crippen LogP contribution in [0.1, 0.15) is 48.4 Å². The van der Waals surface area contributed by atoms with Crippen molar-refractivity contribution in [3.8, 4) is 0 Å². The molecule has 1 aliphatic heterocycles. The second-order valence-corrected chi connectivity index (χ2v) is 8.94. The molecule has 1 saturated heterocycles. The lowest BCUT2D eigenvalue weighted by molar-refractivity contribution is -0.118. The second kappa shape index (κ2) is 11.0. The minimum Gasteiger partial charge on any atom is -0.384 e. The largest absolute Gasteiger partial charge is 0.384 e. The van der Waals surface area contributed by atoms with Crippen molar-refractivity contribution in [2.75, 3.05) is 22.1 Å². The molecule has 0 saturated carbocycles. The maximum absolute atomic E-state index is 14.7. The molecule has 1 heterocycles. The minimum atomic E-state index is -1.04. The number of hydrogen-bond acceptors (Lipinski definition) is 4. The van der Waals surface area contributed by atoms with Gasteiger partial charge in [0.2, 0.25) is 5.91 Å². The number of nitrogens with zero attached hydrogens (tertiary/aromatic N) is 1. The molecular weight excluding hydrogens is 457 g/mol. The molecule has 7 nitrogen and oxygen atoms in total. The molecule has 5 N–H and O–H groups in total. The highest BCUT2D eigenvalue weighted by Gasteiger charge is 2.25. The van der Waals surface area contributed by atoms with Crippen LogP contribution in [0.3, 0.4) is 0 Å². The minimum absolute atomic E-state index is 0.107. The summed E-state index contributed by atoms with van der Waals surface area (Å²) in [6, 6.07) is 17.2. The quantitative estimate of drug-likeness (QED) is 0.274. The van der Waals surface area contributed by atoms with Crippen LogP contribution in [0.4, 0.5) is 21.5 Å². The molecule has 3 aromatic carbocycles. The van der Waals surface area contributed by atoms with E-state index in [1.807, 2.05) is 24.0 Å². The number of nitrogen functional groups attached to an aromatic ring is 1. The molecule has 1 fully saturated rings. The Bertz CT molecular complexity index is 1290. The Hall–Kier alpha value is -4.20. The van der Waals surface area contributed by atoms with Crippen LogP contribution in [0.25, 0.3) is 0 Å². The first kappa shape index (κ1) is 24.9. The zero-order chi connectivity index (χ0) is 25.7. The molecule has 0 radical (unpaired) electrons. The first-order chi connectivity index (χ1) is 17.3. The van der Waals surface area contributed by atoms with E-state index in [1.165, 1.54) is 6.07 Å². The first-order valence-corrected chi connectivity index (χ1v) is 12.0. The van der Waals surface area contributed by atoms with Gasteiger partial charge in [-0.1, -0.05) is 36.8 Å². The molecule has 8 heteroatoms. The van der Waals surface area contributed by atoms with Gasteiger partial charge in [-0.15, -0.1) is 0 Å². The van der Waals surface area contributed by atoms with E-state index in [-0.39, 0.29) is 17.3 Å². The van der Waals surface area contributed by atoms with Crippen molar-refractivity contribution in [1.29, 1.82) is 5.41 Å². The molecule has 0 aromatic heterocycles. The average molecular weight is 488 g/mol. The van der Waals surface area contributed by atoms with Crippen LogP contribution in [0.5, 0.6) is 0 Å². The standard InChI is InChI=1S/C28H30FN5O2/c1-18-16-21(13-14-24(18)34-15-6-2-3-12-25(34)35)33-28(36)26(22-10-4-5-11-23(22)29)32-20-9-7-8-19(17-20)27(30)31/h4-5,7-11,13-14,16-17,26,32H,2-3,6,12,15H2,1H3,(H3,30,31)(H,33,36). The Kier molecular flexibility index (Phi) is 7.63. The van der Waals surface area contributed by atoms with Gasteiger partial charge in [0, 0.05) is 41.2 Å². The molecule has 1 aliphatic rings. The molecule has 1 atom stereocenters. The number of anilines is 3. The number of rotatable bonds is 7. The van der Waals surface area contributed by atoms with Gasteiger partial charge in [-0.3, -0.25) is 15.0 Å². The molecule has 0 aliphatic carbocycles. The average Bonchev–Trinajstić information content (AvgIpc) is 3.07. The van der Waals surface area contributed by atoms with Crippen molar-refractivity contribution in [2.45, 2.75) is 38.6 Å². The number of carbonyl (C=O) groups is 2. The SMILES string of the molecule is Cc1cc(NC(=O)C(Nc2cccc(C(=N)N)c2)c2ccccc2F)ccc1N1CCCCCC1=O. The number of carbonyl (C=O) groups excluding carboxylic acids is 2. The van der Waals surface area contributed by atoms with Crippen molar-refractivity contribution in [3.63, 3.8) is 0 Å². The Morgan fingerprint density at radius 1 is 1.03 bits per heavy atom. The van der Waals surface area contributed by atoms with Crippen LogP contribution in [-0.4, -0.2) is 24.2 Å². The van der Waals surface area contributed by atoms with Crippen LogP contribution in [0.15, 0.2) is 66.7 Å². The molecule has 1 unspecified atom stereocenters. The summed E-state index contributed by atoms with van der Waals surface area (Å²) in [7, 11) is 0. The number of halogens is 1. The maximum Gasteiger partial charge on any atom is 0.251 e. The van der Waals surface area contributed by atoms with Crippen molar-refractivity contribution in [3.05, 3.63) is 89.2 Å². The number of amidine groups is 1. The van der Waals surface area contributed by atoms with Crippen LogP contribution < -0.4 is 21.3 Å². The summed E-state index contributed by atoms with van der Waals surface area (Å²) in [6.45, 7) is 2.59. The Morgan fingerprint density at radius 3 is 2.58 bits per heavy atom. The number of benzene rings is 3. The molecule has 36 heavy (non-hydrogen) atoms. The maximum atomic E-state index is 14.7. The highest BCUT2D eigenvalue weighted by Crippen LogP contribution is 2.29. The third-order valence-corrected chi connectivity index (χ3v) is 6.29. The molecule has 2 amide bonds. The summed E-state index contributed by atoms with van der Waals surface area (Å²) in [5.74, 6) is -0.960. The monoisotopic (exact) mass is 487 g/mol. The molecule has 3 aromatic rings. The normalized spacial score (nSPS) is 14.6. The molecule has 4 rings (SSSR count). The molecule has 0 spiro atoms. The fourth-order valence-electron chi connectivity index (χ4n) is 4.42. The van der Waals surface area contributed by atoms with Crippen molar-refractivity contribution in [2.24, 2.45) is 5.73 Å². The highest BCUT2D eigenvalue weighted by molar-refractivity contribution is 5.99. The number of amides is 2. The Balaban J connectivity index is 1.59. The summed E-state index contributed by atoms with van der Waals surface area (Å²) in [5.41, 5.74) is 9.05. The third kappa shape index (κ3) is 5.71. The van der Waals surface area contributed by atoms with Gasteiger partial charge in [0.05, 0.1) is 0 Å². The summed E-state index contributed by atoms with van der Waals surface area (Å²) in [4.78, 5) is 27.8. The molecular formula is C28H30FN5O2. The van der Waals surface area contributed by atoms with E-state index in [4.69, 9.17) is 11.1 Å². The summed E-state index contributed by atoms with van der Waals surface area (Å²) in [5, 5.41) is 13.6. The van der Waals surface area contributed by atoms with Gasteiger partial charge in [-0.05, 0) is 61.7 Å². The van der Waals surface area contributed by atoms with Crippen LogP contribution in [0.2, 0.25) is 0 Å². The number of nitrogens with two attached hydrogens (primary N) is 1. The topological polar surface area (TPSA) is 111 Å². The van der Waals surface area contributed by atoms with E-state index in [0.717, 1.165) is 30.5 Å². The van der Waals surface area contributed by atoms with E-state index >= 15 is 0 Å². The second-order valence-electron chi connectivity index (χ2n) is 8.94. The van der Waals surface area contributed by atoms with Crippen LogP contribution in [-0.2, 0) is 9.59 Å². The van der Waals surface area contributed by atoms with E-state index in [0.29, 0.717) is 29.9 Å². The Morgan fingerprint density at radius 2 is 1.83 bits per heavy atom. The van der Waals surface area contributed by atoms with E-state index in [1.54, 1.807) is 48.5 Å². The summed E-state index contributed by atoms with van der Waals surface area (Å²) in [6.07, 6.45) is 3.45. The lowest BCUT2D eigenvalue weighted by atomic mass is 10.0. The highest BCUT2D eigenvalue weighted by atomic mass is 19.1. The summed E-state index contributed by atoms with van der Waals surface area (Å²) >= 11 is 0. The van der Waals surface area contributed by atoms with Gasteiger partial charge in [-0.25, -0.2) is 4.39 Å². The van der Waals surface area contributed by atoms with E-state index < -0.39 is 17.8 Å². The fourth-order valence-corrected chi connectivity index (χ4v) is 4.42. The van der Waals surface area contributed by atoms with Crippen molar-refractivity contribution < 1.29 is 14.0 Å². The van der Waals surface area contributed by atoms with Crippen LogP contribution >= 0.6 is 0 Å². The lowest BCUT2D eigenvalue weighted by Gasteiger charge is -2.24. The zero-order valence-corrected chi connectivity index (χ0v) is 20.2. The number of aryl methyl sites for hydroxylation is 1. The predicted octanol–water partition coefficient (Wildman–Crippen LogP) is 5.12. The van der Waals surface area contributed by atoms with Gasteiger partial charge in [0.1, 0.15) is 17.7 Å². The summed E-state index contributed by atoms with van der Waals surface area (Å²) < 4.78 is 14.7. The van der Waals surface area contributed by atoms with Gasteiger partial charge >= 0.3 is 0 Å². The first-order valence-electron chi connectivity index (χ1n) is 12.0. The van der Waals surface area contributed by atoms with Crippen LogP contribution in [0, 0.1) is 18.2 Å². The third-order valence-electron chi connectivity index (χ3n) is 6.29. The number of nitrogens with one attached hydrogen (secondary N) is 3. The van der Waals surface area contributed by atoms with E-state index in [2.05, 4.69) is 10.6 Å². The van der Waals surface area contributed by atoms with Crippen molar-refractivity contribution >= 4 is 34.7 Å². The van der Waals surface area contributed by atoms with Gasteiger partial charge in [0.25, 0.3) is 5.91 Å². The molecule has 0 bridgehead atoms. The smallest absolute Gasteiger partial charge is 0.251 e.